The van der Waals surface area contributed by atoms with Gasteiger partial charge in [0.15, 0.2) is 0 Å². The molecule has 242 valence electrons. The number of amides is 2. The fourth-order valence-electron chi connectivity index (χ4n) is 5.04. The van der Waals surface area contributed by atoms with E-state index in [9.17, 15) is 18.0 Å². The summed E-state index contributed by atoms with van der Waals surface area (Å²) in [7, 11) is 0.114. The van der Waals surface area contributed by atoms with E-state index in [0.717, 1.165) is 9.87 Å². The Morgan fingerprint density at radius 1 is 0.761 bits per heavy atom. The Hall–Kier alpha value is -5.03. The lowest BCUT2D eigenvalue weighted by molar-refractivity contribution is -0.140. The third-order valence-corrected chi connectivity index (χ3v) is 9.15. The van der Waals surface area contributed by atoms with Gasteiger partial charge in [0.1, 0.15) is 29.8 Å². The molecule has 0 fully saturated rings. The summed E-state index contributed by atoms with van der Waals surface area (Å²) in [5.41, 5.74) is 1.65. The van der Waals surface area contributed by atoms with E-state index >= 15 is 0 Å². The maximum Gasteiger partial charge on any atom is 0.264 e. The maximum absolute atomic E-state index is 14.6. The van der Waals surface area contributed by atoms with Crippen molar-refractivity contribution in [2.45, 2.75) is 30.8 Å². The molecule has 0 bridgehead atoms. The lowest BCUT2D eigenvalue weighted by Gasteiger charge is -2.34. The second-order valence-electron chi connectivity index (χ2n) is 10.3. The summed E-state index contributed by atoms with van der Waals surface area (Å²) in [4.78, 5) is 29.7. The summed E-state index contributed by atoms with van der Waals surface area (Å²) in [5, 5.41) is 2.86. The highest BCUT2D eigenvalue weighted by Crippen LogP contribution is 2.36. The Bertz CT molecular complexity index is 1720. The molecule has 4 aromatic rings. The number of methoxy groups -OCH3 is 3. The number of anilines is 1. The summed E-state index contributed by atoms with van der Waals surface area (Å²) < 4.78 is 45.9. The molecule has 0 aromatic heterocycles. The number of hydrogen-bond acceptors (Lipinski definition) is 7. The molecular formula is C35H39N3O7S. The SMILES string of the molecule is CCNC(=O)[C@H](Cc1ccccc1)N(Cc1cccc(OC)c1)C(=O)CN(c1cc(OC)ccc1OC)S(=O)(=O)c1ccccc1. The lowest BCUT2D eigenvalue weighted by Crippen LogP contribution is -2.53. The molecule has 10 nitrogen and oxygen atoms in total. The van der Waals surface area contributed by atoms with Crippen molar-refractivity contribution in [2.75, 3.05) is 38.7 Å². The normalized spacial score (nSPS) is 11.7. The number of nitrogens with zero attached hydrogens (tertiary/aromatic N) is 2. The largest absolute Gasteiger partial charge is 0.497 e. The molecule has 0 spiro atoms. The Morgan fingerprint density at radius 2 is 1.39 bits per heavy atom. The van der Waals surface area contributed by atoms with Gasteiger partial charge in [-0.1, -0.05) is 60.7 Å². The molecule has 2 amide bonds. The second kappa shape index (κ2) is 15.8. The fourth-order valence-corrected chi connectivity index (χ4v) is 6.48. The minimum atomic E-state index is -4.31. The Labute approximate surface area is 270 Å². The maximum atomic E-state index is 14.6. The van der Waals surface area contributed by atoms with Crippen LogP contribution >= 0.6 is 0 Å². The standard InChI is InChI=1S/C35H39N3O7S/c1-5-36-35(40)32(22-26-13-8-6-9-14-26)37(24-27-15-12-16-28(21-27)43-2)34(39)25-38(46(41,42)30-17-10-7-11-18-30)31-23-29(44-3)19-20-33(31)45-4/h6-21,23,32H,5,22,24-25H2,1-4H3,(H,36,40)/t32-/m0/s1. The average molecular weight is 646 g/mol. The first-order valence-electron chi connectivity index (χ1n) is 14.8. The van der Waals surface area contributed by atoms with Gasteiger partial charge in [-0.3, -0.25) is 13.9 Å². The minimum Gasteiger partial charge on any atom is -0.497 e. The van der Waals surface area contributed by atoms with Crippen molar-refractivity contribution in [1.82, 2.24) is 10.2 Å². The summed E-state index contributed by atoms with van der Waals surface area (Å²) in [6.45, 7) is 1.53. The first-order chi connectivity index (χ1) is 22.2. The molecule has 46 heavy (non-hydrogen) atoms. The number of carbonyl (C=O) groups excluding carboxylic acids is 2. The molecule has 0 aliphatic carbocycles. The van der Waals surface area contributed by atoms with Gasteiger partial charge in [-0.2, -0.15) is 0 Å². The number of hydrogen-bond donors (Lipinski definition) is 1. The van der Waals surface area contributed by atoms with E-state index in [4.69, 9.17) is 14.2 Å². The van der Waals surface area contributed by atoms with Gasteiger partial charge in [0, 0.05) is 25.6 Å². The molecular weight excluding hydrogens is 606 g/mol. The van der Waals surface area contributed by atoms with Crippen LogP contribution in [0.25, 0.3) is 0 Å². The van der Waals surface area contributed by atoms with E-state index in [1.807, 2.05) is 36.4 Å². The van der Waals surface area contributed by atoms with Crippen LogP contribution in [-0.2, 0) is 32.6 Å². The smallest absolute Gasteiger partial charge is 0.264 e. The molecule has 0 saturated carbocycles. The molecule has 0 heterocycles. The highest BCUT2D eigenvalue weighted by Gasteiger charge is 2.35. The van der Waals surface area contributed by atoms with Crippen molar-refractivity contribution in [3.05, 3.63) is 114 Å². The number of rotatable bonds is 15. The summed E-state index contributed by atoms with van der Waals surface area (Å²) in [6, 6.07) is 28.1. The van der Waals surface area contributed by atoms with E-state index < -0.39 is 28.5 Å². The minimum absolute atomic E-state index is 0.0130. The molecule has 1 N–H and O–H groups in total. The van der Waals surface area contributed by atoms with Gasteiger partial charge in [-0.25, -0.2) is 8.42 Å². The number of ether oxygens (including phenoxy) is 3. The van der Waals surface area contributed by atoms with E-state index in [1.165, 1.54) is 37.3 Å². The summed E-state index contributed by atoms with van der Waals surface area (Å²) >= 11 is 0. The monoisotopic (exact) mass is 645 g/mol. The zero-order valence-electron chi connectivity index (χ0n) is 26.4. The van der Waals surface area contributed by atoms with E-state index in [2.05, 4.69) is 5.32 Å². The van der Waals surface area contributed by atoms with Crippen LogP contribution in [-0.4, -0.2) is 65.6 Å². The Balaban J connectivity index is 1.86. The van der Waals surface area contributed by atoms with Gasteiger partial charge in [-0.15, -0.1) is 0 Å². The van der Waals surface area contributed by atoms with Crippen molar-refractivity contribution in [3.63, 3.8) is 0 Å². The first kappa shape index (κ1) is 33.9. The van der Waals surface area contributed by atoms with Gasteiger partial charge in [0.05, 0.1) is 31.9 Å². The summed E-state index contributed by atoms with van der Waals surface area (Å²) in [6.07, 6.45) is 0.205. The van der Waals surface area contributed by atoms with Crippen LogP contribution in [0.3, 0.4) is 0 Å². The average Bonchev–Trinajstić information content (AvgIpc) is 3.09. The van der Waals surface area contributed by atoms with Gasteiger partial charge < -0.3 is 24.4 Å². The van der Waals surface area contributed by atoms with Gasteiger partial charge in [-0.05, 0) is 54.4 Å². The van der Waals surface area contributed by atoms with Crippen LogP contribution in [0.5, 0.6) is 17.2 Å². The second-order valence-corrected chi connectivity index (χ2v) is 12.2. The van der Waals surface area contributed by atoms with E-state index in [-0.39, 0.29) is 35.2 Å². The van der Waals surface area contributed by atoms with Crippen molar-refractivity contribution in [2.24, 2.45) is 0 Å². The van der Waals surface area contributed by atoms with E-state index in [0.29, 0.717) is 23.6 Å². The zero-order valence-corrected chi connectivity index (χ0v) is 27.2. The molecule has 0 aliphatic heterocycles. The molecule has 0 unspecified atom stereocenters. The van der Waals surface area contributed by atoms with Crippen LogP contribution in [0.2, 0.25) is 0 Å². The van der Waals surface area contributed by atoms with Crippen LogP contribution in [0.15, 0.2) is 108 Å². The predicted molar refractivity (Wildman–Crippen MR) is 177 cm³/mol. The topological polar surface area (TPSA) is 114 Å². The zero-order chi connectivity index (χ0) is 33.1. The third kappa shape index (κ3) is 8.16. The van der Waals surface area contributed by atoms with E-state index in [1.54, 1.807) is 62.6 Å². The molecule has 11 heteroatoms. The number of sulfonamides is 1. The highest BCUT2D eigenvalue weighted by atomic mass is 32.2. The highest BCUT2D eigenvalue weighted by molar-refractivity contribution is 7.92. The van der Waals surface area contributed by atoms with Gasteiger partial charge in [0.2, 0.25) is 11.8 Å². The number of nitrogens with one attached hydrogen (secondary N) is 1. The van der Waals surface area contributed by atoms with Crippen molar-refractivity contribution < 1.29 is 32.2 Å². The fraction of sp³-hybridized carbons (Fsp3) is 0.257. The van der Waals surface area contributed by atoms with Crippen LogP contribution < -0.4 is 23.8 Å². The van der Waals surface area contributed by atoms with Gasteiger partial charge >= 0.3 is 0 Å². The molecule has 0 saturated heterocycles. The lowest BCUT2D eigenvalue weighted by atomic mass is 10.0. The van der Waals surface area contributed by atoms with Gasteiger partial charge in [0.25, 0.3) is 10.0 Å². The number of carbonyl (C=O) groups is 2. The Kier molecular flexibility index (Phi) is 11.6. The first-order valence-corrected chi connectivity index (χ1v) is 16.2. The van der Waals surface area contributed by atoms with Crippen molar-refractivity contribution in [3.8, 4) is 17.2 Å². The van der Waals surface area contributed by atoms with Crippen LogP contribution in [0.4, 0.5) is 5.69 Å². The van der Waals surface area contributed by atoms with Crippen molar-refractivity contribution in [1.29, 1.82) is 0 Å². The quantitative estimate of drug-likeness (QED) is 0.200. The summed E-state index contributed by atoms with van der Waals surface area (Å²) in [5.74, 6) is 0.210. The molecule has 0 aliphatic rings. The third-order valence-electron chi connectivity index (χ3n) is 7.37. The molecule has 4 rings (SSSR count). The predicted octanol–water partition coefficient (Wildman–Crippen LogP) is 4.68. The Morgan fingerprint density at radius 3 is 2.02 bits per heavy atom. The number of benzene rings is 4. The van der Waals surface area contributed by atoms with Crippen LogP contribution in [0, 0.1) is 0 Å². The van der Waals surface area contributed by atoms with Crippen molar-refractivity contribution >= 4 is 27.5 Å². The molecule has 0 radical (unpaired) electrons. The molecule has 4 aromatic carbocycles. The number of likely N-dealkylation sites (N-methyl/N-ethyl adjacent to an activating group) is 1. The van der Waals surface area contributed by atoms with Crippen LogP contribution in [0.1, 0.15) is 18.1 Å². The molecule has 1 atom stereocenters.